The quantitative estimate of drug-likeness (QED) is 0.669. The number of hydrogen-bond donors (Lipinski definition) is 2. The fourth-order valence-corrected chi connectivity index (χ4v) is 2.00. The largest absolute Gasteiger partial charge is 0.385 e. The Kier molecular flexibility index (Phi) is 1.93. The molecule has 1 aromatic carbocycles. The molecular formula is C14H12N2. The summed E-state index contributed by atoms with van der Waals surface area (Å²) in [6.07, 6.45) is 14.2. The smallest absolute Gasteiger partial charge is 0.100 e. The monoisotopic (exact) mass is 208 g/mol. The molecule has 0 spiro atoms. The fourth-order valence-electron chi connectivity index (χ4n) is 2.00. The van der Waals surface area contributed by atoms with E-state index in [1.165, 1.54) is 16.0 Å². The first-order valence-corrected chi connectivity index (χ1v) is 5.27. The Morgan fingerprint density at radius 1 is 0.875 bits per heavy atom. The molecule has 0 bridgehead atoms. The number of nitrogens with one attached hydrogen (secondary N) is 1. The number of rotatable bonds is 0. The standard InChI is InChI=1S/C14H12N2/c15-13-9-8-11-7-6-10-4-2-1-3-5-12(10)14(11)16-13/h1-9,16H,15H2. The average molecular weight is 208 g/mol. The highest BCUT2D eigenvalue weighted by Gasteiger charge is 2.07. The van der Waals surface area contributed by atoms with Gasteiger partial charge in [0.15, 0.2) is 0 Å². The van der Waals surface area contributed by atoms with Crippen molar-refractivity contribution in [3.63, 3.8) is 0 Å². The average Bonchev–Trinajstić information content (AvgIpc) is 2.54. The highest BCUT2D eigenvalue weighted by molar-refractivity contribution is 5.75. The second-order valence-electron chi connectivity index (χ2n) is 3.86. The first-order chi connectivity index (χ1) is 7.84. The van der Waals surface area contributed by atoms with E-state index >= 15 is 0 Å². The lowest BCUT2D eigenvalue weighted by molar-refractivity contribution is 1.28. The number of benzene rings is 1. The van der Waals surface area contributed by atoms with Gasteiger partial charge in [0.05, 0.1) is 5.69 Å². The van der Waals surface area contributed by atoms with E-state index in [-0.39, 0.29) is 0 Å². The van der Waals surface area contributed by atoms with Crippen molar-refractivity contribution in [2.24, 2.45) is 5.73 Å². The molecule has 2 aliphatic rings. The van der Waals surface area contributed by atoms with Gasteiger partial charge in [0.2, 0.25) is 0 Å². The highest BCUT2D eigenvalue weighted by Crippen LogP contribution is 2.13. The molecule has 0 atom stereocenters. The molecule has 2 nitrogen and oxygen atoms in total. The van der Waals surface area contributed by atoms with E-state index in [2.05, 4.69) is 29.6 Å². The van der Waals surface area contributed by atoms with E-state index in [1.807, 2.05) is 30.4 Å². The zero-order chi connectivity index (χ0) is 11.0. The van der Waals surface area contributed by atoms with Crippen LogP contribution in [0.25, 0.3) is 18.2 Å². The van der Waals surface area contributed by atoms with Crippen LogP contribution >= 0.6 is 0 Å². The van der Waals surface area contributed by atoms with Gasteiger partial charge in [0.1, 0.15) is 5.82 Å². The van der Waals surface area contributed by atoms with Gasteiger partial charge in [-0.2, -0.15) is 0 Å². The summed E-state index contributed by atoms with van der Waals surface area (Å²) >= 11 is 0. The van der Waals surface area contributed by atoms with Crippen LogP contribution in [0.3, 0.4) is 0 Å². The van der Waals surface area contributed by atoms with Gasteiger partial charge in [-0.1, -0.05) is 42.5 Å². The van der Waals surface area contributed by atoms with E-state index < -0.39 is 0 Å². The zero-order valence-corrected chi connectivity index (χ0v) is 8.77. The number of allylic oxidation sites excluding steroid dienone is 4. The molecule has 0 radical (unpaired) electrons. The Morgan fingerprint density at radius 2 is 1.75 bits per heavy atom. The van der Waals surface area contributed by atoms with E-state index in [0.717, 1.165) is 5.69 Å². The van der Waals surface area contributed by atoms with Crippen LogP contribution in [0.2, 0.25) is 0 Å². The van der Waals surface area contributed by atoms with Crippen molar-refractivity contribution in [1.29, 1.82) is 0 Å². The van der Waals surface area contributed by atoms with Gasteiger partial charge in [-0.25, -0.2) is 0 Å². The molecule has 1 aliphatic heterocycles. The van der Waals surface area contributed by atoms with Gasteiger partial charge in [0.25, 0.3) is 0 Å². The molecule has 0 amide bonds. The van der Waals surface area contributed by atoms with Crippen molar-refractivity contribution in [2.75, 3.05) is 5.32 Å². The molecule has 1 aliphatic carbocycles. The molecule has 0 aromatic heterocycles. The van der Waals surface area contributed by atoms with Crippen molar-refractivity contribution >= 4 is 23.9 Å². The highest BCUT2D eigenvalue weighted by atomic mass is 15.0. The Balaban J connectivity index is 2.36. The number of anilines is 1. The summed E-state index contributed by atoms with van der Waals surface area (Å²) in [5.74, 6) is 0.687. The zero-order valence-electron chi connectivity index (χ0n) is 8.77. The Hall–Kier alpha value is -2.22. The van der Waals surface area contributed by atoms with Crippen LogP contribution in [0.15, 0.2) is 42.3 Å². The fraction of sp³-hybridized carbons (Fsp3) is 0. The van der Waals surface area contributed by atoms with Gasteiger partial charge in [-0.15, -0.1) is 0 Å². The molecule has 3 N–H and O–H groups in total. The van der Waals surface area contributed by atoms with Gasteiger partial charge < -0.3 is 11.1 Å². The first-order valence-electron chi connectivity index (χ1n) is 5.27. The number of fused-ring (bicyclic) bond motifs is 3. The third-order valence-electron chi connectivity index (χ3n) is 2.78. The van der Waals surface area contributed by atoms with Crippen LogP contribution < -0.4 is 21.5 Å². The van der Waals surface area contributed by atoms with Crippen molar-refractivity contribution in [3.8, 4) is 0 Å². The first kappa shape index (κ1) is 9.04. The minimum Gasteiger partial charge on any atom is -0.385 e. The molecule has 1 heterocycles. The molecule has 3 rings (SSSR count). The van der Waals surface area contributed by atoms with E-state index in [1.54, 1.807) is 0 Å². The topological polar surface area (TPSA) is 38.0 Å². The summed E-state index contributed by atoms with van der Waals surface area (Å²) in [5.41, 5.74) is 8.07. The maximum atomic E-state index is 5.79. The lowest BCUT2D eigenvalue weighted by Gasteiger charge is -2.14. The molecule has 1 aromatic rings. The molecule has 0 saturated heterocycles. The molecule has 16 heavy (non-hydrogen) atoms. The van der Waals surface area contributed by atoms with Gasteiger partial charge in [-0.05, 0) is 22.6 Å². The van der Waals surface area contributed by atoms with Crippen LogP contribution in [0, 0.1) is 0 Å². The molecule has 0 fully saturated rings. The van der Waals surface area contributed by atoms with E-state index in [9.17, 15) is 0 Å². The summed E-state index contributed by atoms with van der Waals surface area (Å²) in [7, 11) is 0. The summed E-state index contributed by atoms with van der Waals surface area (Å²) in [6, 6.07) is 4.23. The van der Waals surface area contributed by atoms with E-state index in [4.69, 9.17) is 5.73 Å². The van der Waals surface area contributed by atoms with Crippen molar-refractivity contribution < 1.29 is 0 Å². The second kappa shape index (κ2) is 3.42. The van der Waals surface area contributed by atoms with Gasteiger partial charge in [0, 0.05) is 5.56 Å². The maximum absolute atomic E-state index is 5.79. The van der Waals surface area contributed by atoms with Crippen LogP contribution in [0.1, 0.15) is 5.56 Å². The minimum absolute atomic E-state index is 0.687. The van der Waals surface area contributed by atoms with Crippen molar-refractivity contribution in [1.82, 2.24) is 0 Å². The Labute approximate surface area is 93.8 Å². The summed E-state index contributed by atoms with van der Waals surface area (Å²) in [5, 5.41) is 5.61. The molecule has 0 unspecified atom stereocenters. The molecule has 78 valence electrons. The molecular weight excluding hydrogens is 196 g/mol. The summed E-state index contributed by atoms with van der Waals surface area (Å²) in [4.78, 5) is 0. The van der Waals surface area contributed by atoms with Crippen LogP contribution in [0.4, 0.5) is 5.69 Å². The van der Waals surface area contributed by atoms with Crippen LogP contribution in [0.5, 0.6) is 0 Å². The van der Waals surface area contributed by atoms with Crippen LogP contribution in [-0.2, 0) is 0 Å². The third-order valence-corrected chi connectivity index (χ3v) is 2.78. The number of hydrogen-bond acceptors (Lipinski definition) is 2. The summed E-state index contributed by atoms with van der Waals surface area (Å²) < 4.78 is 0. The summed E-state index contributed by atoms with van der Waals surface area (Å²) in [6.45, 7) is 0. The van der Waals surface area contributed by atoms with E-state index in [0.29, 0.717) is 5.82 Å². The minimum atomic E-state index is 0.687. The van der Waals surface area contributed by atoms with Crippen molar-refractivity contribution in [3.05, 3.63) is 58.3 Å². The SMILES string of the molecule is NC1=CC=c2ccc3c(c2N1)C=CC=CC=3. The lowest BCUT2D eigenvalue weighted by atomic mass is 10.1. The normalized spacial score (nSPS) is 15.9. The van der Waals surface area contributed by atoms with Crippen molar-refractivity contribution in [2.45, 2.75) is 0 Å². The van der Waals surface area contributed by atoms with Gasteiger partial charge in [-0.3, -0.25) is 0 Å². The second-order valence-corrected chi connectivity index (χ2v) is 3.86. The molecule has 2 heteroatoms. The Bertz CT molecular complexity index is 646. The third kappa shape index (κ3) is 1.36. The predicted molar refractivity (Wildman–Crippen MR) is 68.7 cm³/mol. The van der Waals surface area contributed by atoms with Gasteiger partial charge >= 0.3 is 0 Å². The van der Waals surface area contributed by atoms with Crippen LogP contribution in [-0.4, -0.2) is 0 Å². The maximum Gasteiger partial charge on any atom is 0.100 e. The Morgan fingerprint density at radius 3 is 2.69 bits per heavy atom. The predicted octanol–water partition coefficient (Wildman–Crippen LogP) is 1.06. The lowest BCUT2D eigenvalue weighted by Crippen LogP contribution is -2.24. The number of nitrogens with two attached hydrogens (primary N) is 1. The molecule has 0 saturated carbocycles.